The molecule has 0 aromatic rings. The van der Waals surface area contributed by atoms with Crippen LogP contribution >= 0.6 is 0 Å². The summed E-state index contributed by atoms with van der Waals surface area (Å²) in [4.78, 5) is 0. The van der Waals surface area contributed by atoms with Crippen LogP contribution in [0.2, 0.25) is 0 Å². The highest BCUT2D eigenvalue weighted by molar-refractivity contribution is 4.68. The zero-order valence-electron chi connectivity index (χ0n) is 9.17. The van der Waals surface area contributed by atoms with Crippen LogP contribution in [0.1, 0.15) is 47.0 Å². The SMILES string of the molecule is CCC(CCC(C)(C)C)NN=NN. The van der Waals surface area contributed by atoms with Crippen LogP contribution < -0.4 is 11.3 Å². The van der Waals surface area contributed by atoms with Crippen molar-refractivity contribution in [2.45, 2.75) is 53.0 Å². The van der Waals surface area contributed by atoms with Gasteiger partial charge in [-0.1, -0.05) is 38.1 Å². The molecule has 0 saturated carbocycles. The Morgan fingerprint density at radius 2 is 2.00 bits per heavy atom. The van der Waals surface area contributed by atoms with Crippen molar-refractivity contribution < 1.29 is 0 Å². The van der Waals surface area contributed by atoms with Gasteiger partial charge in [-0.05, 0) is 24.7 Å². The third kappa shape index (κ3) is 7.56. The molecule has 0 spiro atoms. The maximum absolute atomic E-state index is 4.91. The Balaban J connectivity index is 3.72. The lowest BCUT2D eigenvalue weighted by Gasteiger charge is -2.21. The van der Waals surface area contributed by atoms with E-state index in [2.05, 4.69) is 43.6 Å². The van der Waals surface area contributed by atoms with E-state index in [1.165, 1.54) is 6.42 Å². The molecule has 0 aliphatic heterocycles. The molecule has 13 heavy (non-hydrogen) atoms. The van der Waals surface area contributed by atoms with Gasteiger partial charge in [0.2, 0.25) is 0 Å². The number of nitrogens with two attached hydrogens (primary N) is 1. The van der Waals surface area contributed by atoms with E-state index in [0.717, 1.165) is 12.8 Å². The van der Waals surface area contributed by atoms with Gasteiger partial charge in [0, 0.05) is 6.04 Å². The predicted molar refractivity (Wildman–Crippen MR) is 54.9 cm³/mol. The normalized spacial score (nSPS) is 14.8. The second-order valence-corrected chi connectivity index (χ2v) is 4.55. The largest absolute Gasteiger partial charge is 0.303 e. The Morgan fingerprint density at radius 1 is 1.38 bits per heavy atom. The van der Waals surface area contributed by atoms with Gasteiger partial charge in [0.15, 0.2) is 0 Å². The van der Waals surface area contributed by atoms with Crippen LogP contribution in [0, 0.1) is 5.41 Å². The van der Waals surface area contributed by atoms with E-state index in [4.69, 9.17) is 5.84 Å². The molecule has 0 aromatic heterocycles. The van der Waals surface area contributed by atoms with Gasteiger partial charge < -0.3 is 5.84 Å². The first-order valence-electron chi connectivity index (χ1n) is 4.85. The quantitative estimate of drug-likeness (QED) is 0.393. The van der Waals surface area contributed by atoms with E-state index < -0.39 is 0 Å². The molecule has 1 atom stereocenters. The summed E-state index contributed by atoms with van der Waals surface area (Å²) in [5.74, 6) is 4.91. The van der Waals surface area contributed by atoms with Crippen LogP contribution in [0.3, 0.4) is 0 Å². The third-order valence-electron chi connectivity index (χ3n) is 2.03. The van der Waals surface area contributed by atoms with Gasteiger partial charge in [0.1, 0.15) is 0 Å². The van der Waals surface area contributed by atoms with Crippen LogP contribution in [0.5, 0.6) is 0 Å². The predicted octanol–water partition coefficient (Wildman–Crippen LogP) is 2.42. The summed E-state index contributed by atoms with van der Waals surface area (Å²) in [5.41, 5.74) is 3.31. The van der Waals surface area contributed by atoms with Gasteiger partial charge in [0.05, 0.1) is 0 Å². The number of nitrogens with one attached hydrogen (secondary N) is 1. The van der Waals surface area contributed by atoms with Crippen molar-refractivity contribution in [3.8, 4) is 0 Å². The van der Waals surface area contributed by atoms with Gasteiger partial charge in [-0.3, -0.25) is 5.43 Å². The van der Waals surface area contributed by atoms with Crippen LogP contribution in [0.4, 0.5) is 0 Å². The smallest absolute Gasteiger partial charge is 0.0455 e. The van der Waals surface area contributed by atoms with Crippen LogP contribution in [0.15, 0.2) is 10.4 Å². The highest BCUT2D eigenvalue weighted by Crippen LogP contribution is 2.22. The summed E-state index contributed by atoms with van der Waals surface area (Å²) in [7, 11) is 0. The van der Waals surface area contributed by atoms with E-state index in [-0.39, 0.29) is 0 Å². The van der Waals surface area contributed by atoms with Crippen molar-refractivity contribution in [1.82, 2.24) is 5.43 Å². The summed E-state index contributed by atoms with van der Waals surface area (Å²) in [6.07, 6.45) is 3.34. The molecule has 3 N–H and O–H groups in total. The van der Waals surface area contributed by atoms with Crippen molar-refractivity contribution in [1.29, 1.82) is 0 Å². The molecule has 78 valence electrons. The molecule has 0 rings (SSSR count). The maximum atomic E-state index is 4.91. The van der Waals surface area contributed by atoms with Gasteiger partial charge >= 0.3 is 0 Å². The lowest BCUT2D eigenvalue weighted by molar-refractivity contribution is 0.325. The molecule has 1 unspecified atom stereocenters. The Bertz CT molecular complexity index is 148. The monoisotopic (exact) mass is 186 g/mol. The minimum Gasteiger partial charge on any atom is -0.303 e. The maximum Gasteiger partial charge on any atom is 0.0455 e. The van der Waals surface area contributed by atoms with E-state index in [0.29, 0.717) is 11.5 Å². The third-order valence-corrected chi connectivity index (χ3v) is 2.03. The van der Waals surface area contributed by atoms with Gasteiger partial charge in [-0.15, -0.1) is 0 Å². The zero-order valence-corrected chi connectivity index (χ0v) is 9.17. The van der Waals surface area contributed by atoms with Crippen molar-refractivity contribution in [3.05, 3.63) is 0 Å². The summed E-state index contributed by atoms with van der Waals surface area (Å²) < 4.78 is 0. The van der Waals surface area contributed by atoms with Crippen LogP contribution in [-0.4, -0.2) is 6.04 Å². The molecule has 0 heterocycles. The number of hydrogen-bond acceptors (Lipinski definition) is 2. The molecule has 4 nitrogen and oxygen atoms in total. The van der Waals surface area contributed by atoms with E-state index in [1.54, 1.807) is 0 Å². The molecule has 0 amide bonds. The molecule has 0 aromatic carbocycles. The fraction of sp³-hybridized carbons (Fsp3) is 1.00. The Hall–Kier alpha value is -0.800. The number of rotatable bonds is 5. The van der Waals surface area contributed by atoms with Gasteiger partial charge in [-0.2, -0.15) is 0 Å². The lowest BCUT2D eigenvalue weighted by Crippen LogP contribution is -2.25. The van der Waals surface area contributed by atoms with Crippen molar-refractivity contribution in [2.24, 2.45) is 21.7 Å². The molecule has 0 aliphatic rings. The van der Waals surface area contributed by atoms with E-state index >= 15 is 0 Å². The minimum atomic E-state index is 0.384. The molecule has 4 heteroatoms. The summed E-state index contributed by atoms with van der Waals surface area (Å²) in [5, 5.41) is 6.78. The zero-order chi connectivity index (χ0) is 10.3. The van der Waals surface area contributed by atoms with Crippen molar-refractivity contribution in [3.63, 3.8) is 0 Å². The second-order valence-electron chi connectivity index (χ2n) is 4.55. The summed E-state index contributed by atoms with van der Waals surface area (Å²) in [6, 6.07) is 0.395. The first-order valence-corrected chi connectivity index (χ1v) is 4.85. The second kappa shape index (κ2) is 5.78. The van der Waals surface area contributed by atoms with Crippen molar-refractivity contribution >= 4 is 0 Å². The first kappa shape index (κ1) is 12.2. The number of hydrogen-bond donors (Lipinski definition) is 2. The van der Waals surface area contributed by atoms with E-state index in [9.17, 15) is 0 Å². The van der Waals surface area contributed by atoms with Crippen molar-refractivity contribution in [2.75, 3.05) is 0 Å². The minimum absolute atomic E-state index is 0.384. The van der Waals surface area contributed by atoms with Crippen LogP contribution in [-0.2, 0) is 0 Å². The first-order chi connectivity index (χ1) is 5.99. The van der Waals surface area contributed by atoms with E-state index in [1.807, 2.05) is 0 Å². The average molecular weight is 186 g/mol. The topological polar surface area (TPSA) is 62.8 Å². The summed E-state index contributed by atoms with van der Waals surface area (Å²) in [6.45, 7) is 8.85. The molecular weight excluding hydrogens is 164 g/mol. The van der Waals surface area contributed by atoms with Gasteiger partial charge in [0.25, 0.3) is 0 Å². The fourth-order valence-electron chi connectivity index (χ4n) is 1.08. The highest BCUT2D eigenvalue weighted by atomic mass is 15.5. The van der Waals surface area contributed by atoms with Crippen LogP contribution in [0.25, 0.3) is 0 Å². The molecule has 0 aliphatic carbocycles. The average Bonchev–Trinajstić information content (AvgIpc) is 2.03. The Morgan fingerprint density at radius 3 is 2.38 bits per heavy atom. The van der Waals surface area contributed by atoms with Gasteiger partial charge in [-0.25, -0.2) is 0 Å². The molecule has 0 fully saturated rings. The molecule has 0 bridgehead atoms. The standard InChI is InChI=1S/C9H22N4/c1-5-8(11-13-12-10)6-7-9(2,3)4/h8H,5-7H2,1-4H3,(H2,10,13)(H,11,12). The molecular formula is C9H22N4. The molecule has 0 radical (unpaired) electrons. The molecule has 0 saturated heterocycles. The summed E-state index contributed by atoms with van der Waals surface area (Å²) >= 11 is 0. The fourth-order valence-corrected chi connectivity index (χ4v) is 1.08. The Kier molecular flexibility index (Phi) is 5.42. The number of nitrogens with zero attached hydrogens (tertiary/aromatic N) is 2. The Labute approximate surface area is 80.9 Å². The highest BCUT2D eigenvalue weighted by Gasteiger charge is 2.13. The lowest BCUT2D eigenvalue weighted by atomic mass is 9.88.